The molecule has 3 aromatic heterocycles. The Labute approximate surface area is 219 Å². The molecule has 2 aliphatic carbocycles. The van der Waals surface area contributed by atoms with E-state index in [1.165, 1.54) is 18.2 Å². The molecule has 1 unspecified atom stereocenters. The van der Waals surface area contributed by atoms with Gasteiger partial charge in [-0.3, -0.25) is 5.10 Å². The van der Waals surface area contributed by atoms with Gasteiger partial charge in [-0.05, 0) is 66.5 Å². The lowest BCUT2D eigenvalue weighted by atomic mass is 9.72. The highest BCUT2D eigenvalue weighted by Gasteiger charge is 2.65. The largest absolute Gasteiger partial charge is 0.421 e. The molecule has 39 heavy (non-hydrogen) atoms. The number of hydrogen-bond acceptors (Lipinski definition) is 6. The van der Waals surface area contributed by atoms with Gasteiger partial charge in [-0.1, -0.05) is 26.0 Å². The first-order valence-corrected chi connectivity index (χ1v) is 12.3. The zero-order valence-corrected chi connectivity index (χ0v) is 21.1. The zero-order chi connectivity index (χ0) is 27.9. The number of aromatic amines is 1. The number of rotatable bonds is 4. The molecule has 0 aliphatic heterocycles. The first-order chi connectivity index (χ1) is 18.3. The fourth-order valence-corrected chi connectivity index (χ4v) is 5.97. The number of H-pyrrole nitrogens is 1. The molecule has 6 rings (SSSR count). The number of benzene rings is 1. The number of aliphatic hydroxyl groups is 1. The van der Waals surface area contributed by atoms with E-state index < -0.39 is 35.2 Å². The lowest BCUT2D eigenvalue weighted by Gasteiger charge is -2.34. The van der Waals surface area contributed by atoms with E-state index in [9.17, 15) is 27.1 Å². The number of halogens is 5. The fraction of sp³-hybridized carbons (Fsp3) is 0.370. The third-order valence-electron chi connectivity index (χ3n) is 8.19. The van der Waals surface area contributed by atoms with Crippen molar-refractivity contribution in [2.45, 2.75) is 50.8 Å². The summed E-state index contributed by atoms with van der Waals surface area (Å²) in [6, 6.07) is 10.4. The maximum absolute atomic E-state index is 14.6. The Kier molecular flexibility index (Phi) is 5.45. The lowest BCUT2D eigenvalue weighted by Crippen LogP contribution is -2.32. The average Bonchev–Trinajstić information content (AvgIpc) is 3.20. The molecule has 1 fully saturated rings. The molecular formula is C27H23F5N6O. The van der Waals surface area contributed by atoms with Gasteiger partial charge in [0, 0.05) is 0 Å². The highest BCUT2D eigenvalue weighted by molar-refractivity contribution is 5.63. The van der Waals surface area contributed by atoms with Crippen molar-refractivity contribution >= 4 is 0 Å². The van der Waals surface area contributed by atoms with Gasteiger partial charge in [0.15, 0.2) is 11.6 Å². The van der Waals surface area contributed by atoms with Gasteiger partial charge in [0.05, 0.1) is 28.1 Å². The van der Waals surface area contributed by atoms with Crippen LogP contribution < -0.4 is 0 Å². The molecule has 202 valence electrons. The van der Waals surface area contributed by atoms with E-state index in [4.69, 9.17) is 4.98 Å². The SMILES string of the molecule is CC1(C)C2C[C@](C)(c3cccc(-c4nc([C@H](O)C(F)(F)F)n[nH]4)n3)c3nnc(-c4c(F)cccc4F)cc3[C@H]21. The molecule has 0 radical (unpaired) electrons. The normalized spacial score (nSPS) is 24.1. The Morgan fingerprint density at radius 1 is 0.974 bits per heavy atom. The van der Waals surface area contributed by atoms with E-state index in [1.807, 2.05) is 6.92 Å². The molecule has 12 heteroatoms. The van der Waals surface area contributed by atoms with Crippen LogP contribution >= 0.6 is 0 Å². The number of pyridine rings is 1. The first-order valence-electron chi connectivity index (χ1n) is 12.3. The fourth-order valence-electron chi connectivity index (χ4n) is 5.97. The van der Waals surface area contributed by atoms with Crippen LogP contribution in [0.15, 0.2) is 42.5 Å². The number of alkyl halides is 3. The monoisotopic (exact) mass is 542 g/mol. The second-order valence-corrected chi connectivity index (χ2v) is 11.0. The second kappa shape index (κ2) is 8.35. The summed E-state index contributed by atoms with van der Waals surface area (Å²) in [7, 11) is 0. The quantitative estimate of drug-likeness (QED) is 0.324. The molecule has 1 aromatic carbocycles. The minimum Gasteiger partial charge on any atom is -0.377 e. The summed E-state index contributed by atoms with van der Waals surface area (Å²) >= 11 is 0. The molecule has 2 aliphatic rings. The van der Waals surface area contributed by atoms with Gasteiger partial charge in [0.1, 0.15) is 17.3 Å². The highest BCUT2D eigenvalue weighted by Crippen LogP contribution is 2.72. The van der Waals surface area contributed by atoms with E-state index in [0.717, 1.165) is 5.56 Å². The smallest absolute Gasteiger partial charge is 0.377 e. The Morgan fingerprint density at radius 2 is 1.67 bits per heavy atom. The molecule has 0 bridgehead atoms. The minimum absolute atomic E-state index is 0.0316. The number of nitrogens with zero attached hydrogens (tertiary/aromatic N) is 5. The zero-order valence-electron chi connectivity index (χ0n) is 21.1. The van der Waals surface area contributed by atoms with E-state index in [-0.39, 0.29) is 40.0 Å². The van der Waals surface area contributed by atoms with Crippen LogP contribution in [0.4, 0.5) is 22.0 Å². The molecule has 0 spiro atoms. The molecular weight excluding hydrogens is 519 g/mol. The molecule has 4 aromatic rings. The van der Waals surface area contributed by atoms with Crippen molar-refractivity contribution in [1.29, 1.82) is 0 Å². The maximum atomic E-state index is 14.6. The Hall–Kier alpha value is -3.80. The van der Waals surface area contributed by atoms with E-state index in [1.54, 1.807) is 24.3 Å². The van der Waals surface area contributed by atoms with Crippen molar-refractivity contribution in [3.63, 3.8) is 0 Å². The number of aliphatic hydroxyl groups excluding tert-OH is 1. The van der Waals surface area contributed by atoms with E-state index in [2.05, 4.69) is 39.2 Å². The topological polar surface area (TPSA) is 100 Å². The predicted molar refractivity (Wildman–Crippen MR) is 129 cm³/mol. The summed E-state index contributed by atoms with van der Waals surface area (Å²) in [5.41, 5.74) is 1.31. The van der Waals surface area contributed by atoms with Gasteiger partial charge in [0.25, 0.3) is 0 Å². The van der Waals surface area contributed by atoms with E-state index >= 15 is 0 Å². The number of nitrogens with one attached hydrogen (secondary N) is 1. The van der Waals surface area contributed by atoms with Crippen molar-refractivity contribution in [1.82, 2.24) is 30.4 Å². The molecule has 7 nitrogen and oxygen atoms in total. The van der Waals surface area contributed by atoms with Crippen LogP contribution in [0.25, 0.3) is 22.8 Å². The van der Waals surface area contributed by atoms with Crippen LogP contribution in [0, 0.1) is 23.0 Å². The summed E-state index contributed by atoms with van der Waals surface area (Å²) in [5.74, 6) is -1.94. The molecule has 2 N–H and O–H groups in total. The summed E-state index contributed by atoms with van der Waals surface area (Å²) in [4.78, 5) is 8.51. The van der Waals surface area contributed by atoms with Crippen LogP contribution in [-0.2, 0) is 5.41 Å². The molecule has 0 amide bonds. The second-order valence-electron chi connectivity index (χ2n) is 11.0. The Bertz CT molecular complexity index is 1580. The van der Waals surface area contributed by atoms with Crippen molar-refractivity contribution < 1.29 is 27.1 Å². The average molecular weight is 543 g/mol. The molecule has 3 heterocycles. The number of aromatic nitrogens is 6. The summed E-state index contributed by atoms with van der Waals surface area (Å²) in [6.07, 6.45) is -7.07. The lowest BCUT2D eigenvalue weighted by molar-refractivity contribution is -0.209. The molecule has 0 saturated heterocycles. The van der Waals surface area contributed by atoms with Gasteiger partial charge >= 0.3 is 6.18 Å². The number of hydrogen-bond donors (Lipinski definition) is 2. The van der Waals surface area contributed by atoms with Gasteiger partial charge in [-0.25, -0.2) is 18.7 Å². The summed E-state index contributed by atoms with van der Waals surface area (Å²) < 4.78 is 67.9. The highest BCUT2D eigenvalue weighted by atomic mass is 19.4. The minimum atomic E-state index is -4.91. The summed E-state index contributed by atoms with van der Waals surface area (Å²) in [6.45, 7) is 6.22. The third kappa shape index (κ3) is 3.91. The maximum Gasteiger partial charge on any atom is 0.421 e. The van der Waals surface area contributed by atoms with Gasteiger partial charge in [0.2, 0.25) is 6.10 Å². The van der Waals surface area contributed by atoms with Crippen molar-refractivity contribution in [3.8, 4) is 22.8 Å². The van der Waals surface area contributed by atoms with Crippen molar-refractivity contribution in [2.24, 2.45) is 11.3 Å². The predicted octanol–water partition coefficient (Wildman–Crippen LogP) is 5.65. The summed E-state index contributed by atoms with van der Waals surface area (Å²) in [5, 5.41) is 24.1. The third-order valence-corrected chi connectivity index (χ3v) is 8.19. The van der Waals surface area contributed by atoms with Crippen LogP contribution in [0.5, 0.6) is 0 Å². The van der Waals surface area contributed by atoms with E-state index in [0.29, 0.717) is 17.8 Å². The van der Waals surface area contributed by atoms with Crippen LogP contribution in [-0.4, -0.2) is 41.6 Å². The van der Waals surface area contributed by atoms with Gasteiger partial charge < -0.3 is 5.11 Å². The van der Waals surface area contributed by atoms with Gasteiger partial charge in [-0.2, -0.15) is 23.4 Å². The Morgan fingerprint density at radius 3 is 2.36 bits per heavy atom. The first kappa shape index (κ1) is 25.5. The molecule has 4 atom stereocenters. The van der Waals surface area contributed by atoms with Gasteiger partial charge in [-0.15, -0.1) is 5.10 Å². The van der Waals surface area contributed by atoms with Crippen molar-refractivity contribution in [3.05, 3.63) is 76.9 Å². The number of fused-ring (bicyclic) bond motifs is 3. The van der Waals surface area contributed by atoms with Crippen LogP contribution in [0.3, 0.4) is 0 Å². The standard InChI is InChI=1S/C27H23F5N6O/c1-25(2)13-11-26(3,18-9-5-8-16(33-18)23-34-24(38-37-23)22(39)27(30,31)32)21-12(20(13)25)10-17(35-36-21)19-14(28)6-4-7-15(19)29/h4-10,13,20,22,39H,11H2,1-3H3,(H,34,37,38)/t13?,20-,22+,26-/m1/s1. The van der Waals surface area contributed by atoms with Crippen LogP contribution in [0.1, 0.15) is 62.0 Å². The molecule has 1 saturated carbocycles. The van der Waals surface area contributed by atoms with Crippen LogP contribution in [0.2, 0.25) is 0 Å². The Balaban J connectivity index is 1.43. The van der Waals surface area contributed by atoms with Crippen molar-refractivity contribution in [2.75, 3.05) is 0 Å².